The third-order valence-electron chi connectivity index (χ3n) is 4.73. The van der Waals surface area contributed by atoms with Gasteiger partial charge in [-0.2, -0.15) is 13.2 Å². The average molecular weight is 421 g/mol. The predicted molar refractivity (Wildman–Crippen MR) is 116 cm³/mol. The van der Waals surface area contributed by atoms with Gasteiger partial charge in [-0.25, -0.2) is 15.0 Å². The number of para-hydroxylation sites is 1. The van der Waals surface area contributed by atoms with Crippen molar-refractivity contribution in [2.75, 3.05) is 12.4 Å². The van der Waals surface area contributed by atoms with Crippen LogP contribution in [-0.4, -0.2) is 22.9 Å². The molecule has 0 aliphatic heterocycles. The van der Waals surface area contributed by atoms with E-state index in [0.717, 1.165) is 17.7 Å². The van der Waals surface area contributed by atoms with E-state index in [9.17, 15) is 13.2 Å². The summed E-state index contributed by atoms with van der Waals surface area (Å²) in [7, 11) is 1.60. The monoisotopic (exact) mass is 421 g/mol. The smallest absolute Gasteiger partial charge is 0.388 e. The van der Waals surface area contributed by atoms with Crippen LogP contribution in [0.1, 0.15) is 11.1 Å². The predicted octanol–water partition coefficient (Wildman–Crippen LogP) is 5.39. The van der Waals surface area contributed by atoms with Gasteiger partial charge in [0.15, 0.2) is 11.6 Å². The van der Waals surface area contributed by atoms with E-state index in [1.165, 1.54) is 6.07 Å². The maximum atomic E-state index is 13.2. The highest BCUT2D eigenvalue weighted by Crippen LogP contribution is 2.33. The molecule has 1 aromatic heterocycles. The van der Waals surface area contributed by atoms with Crippen LogP contribution in [0.3, 0.4) is 0 Å². The summed E-state index contributed by atoms with van der Waals surface area (Å²) in [4.78, 5) is 13.5. The molecule has 156 valence electrons. The topological polar surface area (TPSA) is 76.2 Å². The molecule has 4 aromatic rings. The molecule has 8 heteroatoms. The molecule has 0 spiro atoms. The lowest BCUT2D eigenvalue weighted by Crippen LogP contribution is -2.17. The van der Waals surface area contributed by atoms with Crippen LogP contribution in [0.25, 0.3) is 22.3 Å². The second kappa shape index (κ2) is 8.06. The van der Waals surface area contributed by atoms with Crippen molar-refractivity contribution in [3.05, 3.63) is 83.9 Å². The Kier molecular flexibility index (Phi) is 5.29. The number of aliphatic imine (C=N–C) groups is 1. The van der Waals surface area contributed by atoms with E-state index in [2.05, 4.69) is 20.3 Å². The van der Waals surface area contributed by atoms with Crippen molar-refractivity contribution in [2.45, 2.75) is 6.18 Å². The fourth-order valence-corrected chi connectivity index (χ4v) is 3.19. The maximum Gasteiger partial charge on any atom is 0.416 e. The summed E-state index contributed by atoms with van der Waals surface area (Å²) in [5, 5.41) is 3.50. The number of nitrogens with zero attached hydrogens (tertiary/aromatic N) is 3. The molecule has 4 rings (SSSR count). The van der Waals surface area contributed by atoms with Crippen LogP contribution in [0.4, 0.5) is 24.7 Å². The van der Waals surface area contributed by atoms with Gasteiger partial charge in [-0.3, -0.25) is 0 Å². The highest BCUT2D eigenvalue weighted by Gasteiger charge is 2.31. The van der Waals surface area contributed by atoms with Crippen molar-refractivity contribution in [1.29, 1.82) is 0 Å². The number of rotatable bonds is 4. The van der Waals surface area contributed by atoms with Crippen molar-refractivity contribution in [2.24, 2.45) is 10.7 Å². The SMILES string of the molecule is CNc1ccc(C(F)(F)F)cc1C(N)=Nc1nc(-c2ccccc2)nc2ccccc12. The van der Waals surface area contributed by atoms with Crippen molar-refractivity contribution in [1.82, 2.24) is 9.97 Å². The van der Waals surface area contributed by atoms with Crippen LogP contribution in [0.15, 0.2) is 77.8 Å². The highest BCUT2D eigenvalue weighted by atomic mass is 19.4. The highest BCUT2D eigenvalue weighted by molar-refractivity contribution is 6.05. The summed E-state index contributed by atoms with van der Waals surface area (Å²) in [5.41, 5.74) is 7.38. The Bertz CT molecular complexity index is 1270. The Morgan fingerprint density at radius 2 is 1.65 bits per heavy atom. The first-order chi connectivity index (χ1) is 14.9. The van der Waals surface area contributed by atoms with Gasteiger partial charge in [0.2, 0.25) is 0 Å². The number of halogens is 3. The van der Waals surface area contributed by atoms with Crippen molar-refractivity contribution in [3.8, 4) is 11.4 Å². The molecule has 0 radical (unpaired) electrons. The molecule has 0 atom stereocenters. The number of fused-ring (bicyclic) bond motifs is 1. The lowest BCUT2D eigenvalue weighted by molar-refractivity contribution is -0.137. The zero-order valence-electron chi connectivity index (χ0n) is 16.5. The summed E-state index contributed by atoms with van der Waals surface area (Å²) >= 11 is 0. The summed E-state index contributed by atoms with van der Waals surface area (Å²) in [6.07, 6.45) is -4.50. The third-order valence-corrected chi connectivity index (χ3v) is 4.73. The Morgan fingerprint density at radius 3 is 2.35 bits per heavy atom. The molecule has 1 heterocycles. The van der Waals surface area contributed by atoms with E-state index in [4.69, 9.17) is 5.73 Å². The van der Waals surface area contributed by atoms with Gasteiger partial charge >= 0.3 is 6.18 Å². The summed E-state index contributed by atoms with van der Waals surface area (Å²) in [5.74, 6) is 0.642. The van der Waals surface area contributed by atoms with Gasteiger partial charge in [-0.1, -0.05) is 42.5 Å². The molecule has 0 aliphatic rings. The first-order valence-electron chi connectivity index (χ1n) is 9.42. The molecule has 0 saturated carbocycles. The molecule has 3 aromatic carbocycles. The van der Waals surface area contributed by atoms with Crippen molar-refractivity contribution >= 4 is 28.2 Å². The number of nitrogens with two attached hydrogens (primary N) is 1. The van der Waals surface area contributed by atoms with Gasteiger partial charge < -0.3 is 11.1 Å². The minimum absolute atomic E-state index is 0.0849. The Hall–Kier alpha value is -3.94. The normalized spacial score (nSPS) is 12.2. The van der Waals surface area contributed by atoms with Crippen LogP contribution in [0, 0.1) is 0 Å². The molecule has 3 N–H and O–H groups in total. The first kappa shape index (κ1) is 20.3. The number of alkyl halides is 3. The molecule has 0 unspecified atom stereocenters. The van der Waals surface area contributed by atoms with Crippen LogP contribution >= 0.6 is 0 Å². The van der Waals surface area contributed by atoms with Crippen LogP contribution < -0.4 is 11.1 Å². The quantitative estimate of drug-likeness (QED) is 0.342. The standard InChI is InChI=1S/C23H18F3N5/c1-28-18-12-11-15(23(24,25)26)13-17(18)20(27)30-22-16-9-5-6-10-19(16)29-21(31-22)14-7-3-2-4-8-14/h2-13,28H,1H3,(H2,27,29,30,31). The number of anilines is 1. The minimum atomic E-state index is -4.50. The summed E-state index contributed by atoms with van der Waals surface area (Å²) in [6.45, 7) is 0. The lowest BCUT2D eigenvalue weighted by Gasteiger charge is -2.13. The number of hydrogen-bond donors (Lipinski definition) is 2. The van der Waals surface area contributed by atoms with Gasteiger partial charge in [0, 0.05) is 29.2 Å². The number of amidine groups is 1. The maximum absolute atomic E-state index is 13.2. The molecular formula is C23H18F3N5. The lowest BCUT2D eigenvalue weighted by atomic mass is 10.1. The molecule has 0 amide bonds. The van der Waals surface area contributed by atoms with E-state index in [0.29, 0.717) is 22.4 Å². The number of hydrogen-bond acceptors (Lipinski definition) is 4. The van der Waals surface area contributed by atoms with Gasteiger partial charge in [-0.15, -0.1) is 0 Å². The number of nitrogens with one attached hydrogen (secondary N) is 1. The van der Waals surface area contributed by atoms with E-state index < -0.39 is 11.7 Å². The third kappa shape index (κ3) is 4.18. The Labute approximate surface area is 176 Å². The Balaban J connectivity index is 1.89. The van der Waals surface area contributed by atoms with Crippen LogP contribution in [0.5, 0.6) is 0 Å². The second-order valence-electron chi connectivity index (χ2n) is 6.76. The summed E-state index contributed by atoms with van der Waals surface area (Å²) in [6, 6.07) is 19.9. The second-order valence-corrected chi connectivity index (χ2v) is 6.76. The first-order valence-corrected chi connectivity index (χ1v) is 9.42. The minimum Gasteiger partial charge on any atom is -0.388 e. The molecule has 0 saturated heterocycles. The van der Waals surface area contributed by atoms with Crippen LogP contribution in [0.2, 0.25) is 0 Å². The van der Waals surface area contributed by atoms with E-state index in [-0.39, 0.29) is 17.2 Å². The van der Waals surface area contributed by atoms with Crippen molar-refractivity contribution < 1.29 is 13.2 Å². The largest absolute Gasteiger partial charge is 0.416 e. The molecule has 0 aliphatic carbocycles. The Morgan fingerprint density at radius 1 is 0.935 bits per heavy atom. The number of aromatic nitrogens is 2. The molecule has 31 heavy (non-hydrogen) atoms. The number of benzene rings is 3. The molecule has 5 nitrogen and oxygen atoms in total. The average Bonchev–Trinajstić information content (AvgIpc) is 2.78. The van der Waals surface area contributed by atoms with E-state index in [1.54, 1.807) is 13.1 Å². The zero-order valence-corrected chi connectivity index (χ0v) is 16.5. The van der Waals surface area contributed by atoms with E-state index in [1.807, 2.05) is 48.5 Å². The zero-order chi connectivity index (χ0) is 22.0. The fraction of sp³-hybridized carbons (Fsp3) is 0.0870. The molecule has 0 bridgehead atoms. The van der Waals surface area contributed by atoms with Gasteiger partial charge in [0.1, 0.15) is 5.84 Å². The van der Waals surface area contributed by atoms with Gasteiger partial charge in [0.05, 0.1) is 11.1 Å². The van der Waals surface area contributed by atoms with Crippen molar-refractivity contribution in [3.63, 3.8) is 0 Å². The van der Waals surface area contributed by atoms with Crippen LogP contribution in [-0.2, 0) is 6.18 Å². The van der Waals surface area contributed by atoms with E-state index >= 15 is 0 Å². The molecule has 0 fully saturated rings. The van der Waals surface area contributed by atoms with Gasteiger partial charge in [0.25, 0.3) is 0 Å². The summed E-state index contributed by atoms with van der Waals surface area (Å²) < 4.78 is 39.7. The molecular weight excluding hydrogens is 403 g/mol. The fourth-order valence-electron chi connectivity index (χ4n) is 3.19. The van der Waals surface area contributed by atoms with Gasteiger partial charge in [-0.05, 0) is 30.3 Å².